The van der Waals surface area contributed by atoms with Crippen molar-refractivity contribution in [1.82, 2.24) is 9.13 Å². The van der Waals surface area contributed by atoms with E-state index in [-0.39, 0.29) is 18.6 Å². The van der Waals surface area contributed by atoms with Gasteiger partial charge in [0.05, 0.1) is 5.52 Å². The van der Waals surface area contributed by atoms with E-state index in [0.717, 1.165) is 5.56 Å². The molecule has 31 heavy (non-hydrogen) atoms. The van der Waals surface area contributed by atoms with Crippen molar-refractivity contribution in [3.05, 3.63) is 97.8 Å². The molecular weight excluding hydrogens is 417 g/mol. The van der Waals surface area contributed by atoms with Gasteiger partial charge in [-0.15, -0.1) is 11.3 Å². The molecular formula is C23H20FN3O3S. The van der Waals surface area contributed by atoms with E-state index in [2.05, 4.69) is 5.32 Å². The molecule has 4 rings (SSSR count). The van der Waals surface area contributed by atoms with Crippen LogP contribution in [0.25, 0.3) is 10.2 Å². The Morgan fingerprint density at radius 1 is 1.06 bits per heavy atom. The molecule has 2 aromatic heterocycles. The second-order valence-corrected chi connectivity index (χ2v) is 8.12. The molecule has 0 atom stereocenters. The minimum atomic E-state index is -0.544. The number of rotatable bonds is 6. The normalized spacial score (nSPS) is 11.0. The van der Waals surface area contributed by atoms with Crippen LogP contribution in [0.5, 0.6) is 0 Å². The number of nitrogens with zero attached hydrogens (tertiary/aromatic N) is 2. The lowest BCUT2D eigenvalue weighted by atomic mass is 10.1. The average molecular weight is 437 g/mol. The van der Waals surface area contributed by atoms with Crippen LogP contribution in [0.15, 0.2) is 69.6 Å². The molecule has 0 saturated heterocycles. The maximum absolute atomic E-state index is 13.5. The molecule has 0 aliphatic carbocycles. The van der Waals surface area contributed by atoms with Gasteiger partial charge in [-0.05, 0) is 48.1 Å². The third-order valence-electron chi connectivity index (χ3n) is 5.08. The predicted octanol–water partition coefficient (Wildman–Crippen LogP) is 3.55. The van der Waals surface area contributed by atoms with Crippen molar-refractivity contribution in [1.29, 1.82) is 0 Å². The van der Waals surface area contributed by atoms with Gasteiger partial charge in [0.1, 0.15) is 17.1 Å². The molecule has 6 nitrogen and oxygen atoms in total. The van der Waals surface area contributed by atoms with Gasteiger partial charge in [0.25, 0.3) is 5.56 Å². The molecule has 8 heteroatoms. The summed E-state index contributed by atoms with van der Waals surface area (Å²) < 4.78 is 16.4. The number of hydrogen-bond acceptors (Lipinski definition) is 4. The summed E-state index contributed by atoms with van der Waals surface area (Å²) in [7, 11) is 0. The highest BCUT2D eigenvalue weighted by atomic mass is 32.1. The molecule has 0 aliphatic rings. The molecule has 0 spiro atoms. The highest BCUT2D eigenvalue weighted by Gasteiger charge is 2.17. The average Bonchev–Trinajstić information content (AvgIpc) is 3.24. The van der Waals surface area contributed by atoms with Crippen LogP contribution in [-0.2, 0) is 24.3 Å². The zero-order chi connectivity index (χ0) is 22.0. The number of aryl methyl sites for hydroxylation is 2. The summed E-state index contributed by atoms with van der Waals surface area (Å²) in [6, 6.07) is 15.3. The Balaban J connectivity index is 1.66. The molecule has 0 radical (unpaired) electrons. The summed E-state index contributed by atoms with van der Waals surface area (Å²) in [6.07, 6.45) is 0.515. The van der Waals surface area contributed by atoms with Gasteiger partial charge in [-0.25, -0.2) is 9.18 Å². The number of nitrogens with one attached hydrogen (secondary N) is 1. The minimum Gasteiger partial charge on any atom is -0.324 e. The minimum absolute atomic E-state index is 0.208. The molecule has 0 bridgehead atoms. The zero-order valence-corrected chi connectivity index (χ0v) is 17.6. The first-order chi connectivity index (χ1) is 14.9. The molecule has 2 heterocycles. The van der Waals surface area contributed by atoms with Crippen molar-refractivity contribution in [2.75, 3.05) is 5.32 Å². The Bertz CT molecular complexity index is 1370. The first-order valence-corrected chi connectivity index (χ1v) is 10.6. The van der Waals surface area contributed by atoms with Crippen LogP contribution in [0, 0.1) is 12.7 Å². The van der Waals surface area contributed by atoms with Gasteiger partial charge in [0, 0.05) is 12.2 Å². The number of fused-ring (bicyclic) bond motifs is 1. The van der Waals surface area contributed by atoms with Crippen molar-refractivity contribution in [3.63, 3.8) is 0 Å². The topological polar surface area (TPSA) is 73.1 Å². The van der Waals surface area contributed by atoms with E-state index in [1.54, 1.807) is 24.4 Å². The number of anilines is 1. The summed E-state index contributed by atoms with van der Waals surface area (Å²) in [5, 5.41) is 4.37. The van der Waals surface area contributed by atoms with Crippen LogP contribution in [0.2, 0.25) is 0 Å². The lowest BCUT2D eigenvalue weighted by Crippen LogP contribution is -2.41. The number of halogens is 1. The van der Waals surface area contributed by atoms with Gasteiger partial charge < -0.3 is 5.32 Å². The summed E-state index contributed by atoms with van der Waals surface area (Å²) in [4.78, 5) is 38.6. The Hall–Kier alpha value is -3.52. The first-order valence-electron chi connectivity index (χ1n) is 9.75. The van der Waals surface area contributed by atoms with Crippen molar-refractivity contribution in [2.45, 2.75) is 26.4 Å². The molecule has 4 aromatic rings. The molecule has 2 aromatic carbocycles. The van der Waals surface area contributed by atoms with Crippen LogP contribution >= 0.6 is 11.3 Å². The van der Waals surface area contributed by atoms with Crippen LogP contribution in [0.4, 0.5) is 10.1 Å². The third-order valence-corrected chi connectivity index (χ3v) is 5.97. The molecule has 0 aliphatic heterocycles. The van der Waals surface area contributed by atoms with E-state index in [4.69, 9.17) is 0 Å². The fourth-order valence-corrected chi connectivity index (χ4v) is 4.27. The van der Waals surface area contributed by atoms with Crippen LogP contribution in [-0.4, -0.2) is 15.0 Å². The van der Waals surface area contributed by atoms with Gasteiger partial charge in [-0.1, -0.05) is 36.4 Å². The van der Waals surface area contributed by atoms with E-state index in [9.17, 15) is 18.8 Å². The van der Waals surface area contributed by atoms with E-state index in [0.29, 0.717) is 27.9 Å². The number of aromatic nitrogens is 2. The van der Waals surface area contributed by atoms with Crippen molar-refractivity contribution in [3.8, 4) is 0 Å². The van der Waals surface area contributed by atoms with Crippen LogP contribution < -0.4 is 16.6 Å². The molecule has 1 amide bonds. The second kappa shape index (κ2) is 8.69. The number of carbonyl (C=O) groups is 1. The quantitative estimate of drug-likeness (QED) is 0.501. The van der Waals surface area contributed by atoms with Gasteiger partial charge >= 0.3 is 5.69 Å². The van der Waals surface area contributed by atoms with E-state index in [1.807, 2.05) is 30.3 Å². The van der Waals surface area contributed by atoms with Crippen molar-refractivity contribution in [2.24, 2.45) is 0 Å². The Morgan fingerprint density at radius 2 is 1.84 bits per heavy atom. The van der Waals surface area contributed by atoms with Crippen LogP contribution in [0.3, 0.4) is 0 Å². The van der Waals surface area contributed by atoms with Gasteiger partial charge in [0.2, 0.25) is 5.91 Å². The number of amides is 1. The Kier molecular flexibility index (Phi) is 5.81. The fraction of sp³-hybridized carbons (Fsp3) is 0.174. The maximum Gasteiger partial charge on any atom is 0.332 e. The van der Waals surface area contributed by atoms with E-state index >= 15 is 0 Å². The Labute approximate surface area is 181 Å². The van der Waals surface area contributed by atoms with Gasteiger partial charge in [-0.3, -0.25) is 18.7 Å². The summed E-state index contributed by atoms with van der Waals surface area (Å²) in [6.45, 7) is 1.68. The monoisotopic (exact) mass is 437 g/mol. The predicted molar refractivity (Wildman–Crippen MR) is 120 cm³/mol. The van der Waals surface area contributed by atoms with Crippen molar-refractivity contribution < 1.29 is 9.18 Å². The second-order valence-electron chi connectivity index (χ2n) is 7.20. The largest absolute Gasteiger partial charge is 0.332 e. The SMILES string of the molecule is Cc1ccc(F)cc1NC(=O)Cn1c(=O)n(CCc2ccccc2)c(=O)c2sccc21. The Morgan fingerprint density at radius 3 is 2.61 bits per heavy atom. The van der Waals surface area contributed by atoms with E-state index in [1.165, 1.54) is 32.6 Å². The molecule has 0 fully saturated rings. The molecule has 158 valence electrons. The standard InChI is InChI=1S/C23H20FN3O3S/c1-15-7-8-17(24)13-18(15)25-20(28)14-27-19-10-12-31-21(19)22(29)26(23(27)30)11-9-16-5-3-2-4-6-16/h2-8,10,12-13H,9,11,14H2,1H3,(H,25,28). The zero-order valence-electron chi connectivity index (χ0n) is 16.8. The number of thiophene rings is 1. The molecule has 0 unspecified atom stereocenters. The first kappa shape index (κ1) is 20.7. The smallest absolute Gasteiger partial charge is 0.324 e. The summed E-state index contributed by atoms with van der Waals surface area (Å²) >= 11 is 1.23. The van der Waals surface area contributed by atoms with Gasteiger partial charge in [0.15, 0.2) is 0 Å². The van der Waals surface area contributed by atoms with Crippen LogP contribution in [0.1, 0.15) is 11.1 Å². The lowest BCUT2D eigenvalue weighted by molar-refractivity contribution is -0.116. The number of carbonyl (C=O) groups excluding carboxylic acids is 1. The lowest BCUT2D eigenvalue weighted by Gasteiger charge is -2.13. The third kappa shape index (κ3) is 4.34. The highest BCUT2D eigenvalue weighted by Crippen LogP contribution is 2.18. The summed E-state index contributed by atoms with van der Waals surface area (Å²) in [5.41, 5.74) is 1.57. The molecule has 1 N–H and O–H groups in total. The summed E-state index contributed by atoms with van der Waals surface area (Å²) in [5.74, 6) is -0.940. The van der Waals surface area contributed by atoms with E-state index < -0.39 is 17.4 Å². The maximum atomic E-state index is 13.5. The van der Waals surface area contributed by atoms with Crippen molar-refractivity contribution >= 4 is 33.1 Å². The number of hydrogen-bond donors (Lipinski definition) is 1. The fourth-order valence-electron chi connectivity index (χ4n) is 3.43. The molecule has 0 saturated carbocycles. The highest BCUT2D eigenvalue weighted by molar-refractivity contribution is 7.17. The number of benzene rings is 2. The van der Waals surface area contributed by atoms with Gasteiger partial charge in [-0.2, -0.15) is 0 Å².